The van der Waals surface area contributed by atoms with Crippen molar-refractivity contribution >= 4 is 37.5 Å². The highest BCUT2D eigenvalue weighted by Crippen LogP contribution is 2.21. The maximum absolute atomic E-state index is 13.9. The van der Waals surface area contributed by atoms with E-state index < -0.39 is 30.8 Å². The zero-order chi connectivity index (χ0) is 24.2. The maximum Gasteiger partial charge on any atom is 0.243 e. The van der Waals surface area contributed by atoms with Crippen LogP contribution in [0.15, 0.2) is 64.5 Å². The number of rotatable bonds is 5. The van der Waals surface area contributed by atoms with Crippen LogP contribution in [0.2, 0.25) is 0 Å². The number of nitrogens with one attached hydrogen (secondary N) is 4. The van der Waals surface area contributed by atoms with Crippen molar-refractivity contribution in [2.75, 3.05) is 30.3 Å². The van der Waals surface area contributed by atoms with Crippen molar-refractivity contribution in [3.63, 3.8) is 0 Å². The SMILES string of the molecule is O=S1(=O)NCCCNc2nc(ncc2CCNS(=O)(=O)c2ccccc2F)Nc2cccc1c2. The zero-order valence-corrected chi connectivity index (χ0v) is 19.6. The fraction of sp³-hybridized carbons (Fsp3) is 0.238. The topological polar surface area (TPSA) is 142 Å². The molecule has 0 spiro atoms. The van der Waals surface area contributed by atoms with E-state index >= 15 is 0 Å². The molecule has 4 bridgehead atoms. The van der Waals surface area contributed by atoms with Gasteiger partial charge in [0.1, 0.15) is 16.5 Å². The Bertz CT molecular complexity index is 1400. The Hall–Kier alpha value is -3.13. The summed E-state index contributed by atoms with van der Waals surface area (Å²) in [5.41, 5.74) is 1.14. The third kappa shape index (κ3) is 5.67. The summed E-state index contributed by atoms with van der Waals surface area (Å²) in [5, 5.41) is 6.14. The molecule has 0 saturated heterocycles. The second-order valence-electron chi connectivity index (χ2n) is 7.48. The molecule has 10 nitrogen and oxygen atoms in total. The molecule has 13 heteroatoms. The first kappa shape index (κ1) is 24.0. The van der Waals surface area contributed by atoms with Crippen molar-refractivity contribution in [3.05, 3.63) is 66.1 Å². The molecule has 2 heterocycles. The number of fused-ring (bicyclic) bond motifs is 4. The third-order valence-corrected chi connectivity index (χ3v) is 7.97. The summed E-state index contributed by atoms with van der Waals surface area (Å²) in [5.74, 6) is -0.0889. The number of hydrogen-bond donors (Lipinski definition) is 4. The molecule has 0 atom stereocenters. The van der Waals surface area contributed by atoms with Crippen LogP contribution < -0.4 is 20.1 Å². The number of aromatic nitrogens is 2. The quantitative estimate of drug-likeness (QED) is 0.412. The van der Waals surface area contributed by atoms with Crippen molar-refractivity contribution in [1.29, 1.82) is 0 Å². The van der Waals surface area contributed by atoms with Gasteiger partial charge in [-0.25, -0.2) is 35.7 Å². The minimum absolute atomic E-state index is 0.00330. The standard InChI is InChI=1S/C21H23FN6O4S2/c22-18-7-1-2-8-19(18)34(31,32)26-12-9-15-14-24-21-27-16-5-3-6-17(13-16)33(29,30)25-11-4-10-23-20(15)28-21/h1-3,5-8,13-14,25-26H,4,9-12H2,(H2,23,24,27,28). The minimum atomic E-state index is -4.02. The van der Waals surface area contributed by atoms with Gasteiger partial charge in [-0.1, -0.05) is 18.2 Å². The van der Waals surface area contributed by atoms with Crippen LogP contribution in [-0.4, -0.2) is 46.4 Å². The van der Waals surface area contributed by atoms with Crippen LogP contribution >= 0.6 is 0 Å². The molecule has 180 valence electrons. The lowest BCUT2D eigenvalue weighted by Crippen LogP contribution is -2.27. The van der Waals surface area contributed by atoms with Crippen LogP contribution in [-0.2, 0) is 26.5 Å². The summed E-state index contributed by atoms with van der Waals surface area (Å²) < 4.78 is 68.6. The first-order valence-electron chi connectivity index (χ1n) is 10.5. The maximum atomic E-state index is 13.9. The summed E-state index contributed by atoms with van der Waals surface area (Å²) in [4.78, 5) is 8.46. The lowest BCUT2D eigenvalue weighted by Gasteiger charge is -2.13. The lowest BCUT2D eigenvalue weighted by molar-refractivity contribution is 0.557. The molecule has 3 aromatic rings. The fourth-order valence-electron chi connectivity index (χ4n) is 3.32. The Morgan fingerprint density at radius 1 is 1.09 bits per heavy atom. The number of hydrogen-bond acceptors (Lipinski definition) is 8. The van der Waals surface area contributed by atoms with Crippen LogP contribution in [0.25, 0.3) is 0 Å². The van der Waals surface area contributed by atoms with Gasteiger partial charge in [0.05, 0.1) is 4.90 Å². The third-order valence-electron chi connectivity index (χ3n) is 5.02. The number of benzene rings is 2. The first-order valence-corrected chi connectivity index (χ1v) is 13.4. The highest BCUT2D eigenvalue weighted by molar-refractivity contribution is 7.89. The van der Waals surface area contributed by atoms with E-state index in [0.717, 1.165) is 6.07 Å². The van der Waals surface area contributed by atoms with Gasteiger partial charge in [0.15, 0.2) is 0 Å². The molecule has 34 heavy (non-hydrogen) atoms. The van der Waals surface area contributed by atoms with Crippen molar-refractivity contribution in [2.24, 2.45) is 0 Å². The van der Waals surface area contributed by atoms with Gasteiger partial charge in [-0.3, -0.25) is 0 Å². The molecule has 4 N–H and O–H groups in total. The Morgan fingerprint density at radius 3 is 2.74 bits per heavy atom. The van der Waals surface area contributed by atoms with Crippen molar-refractivity contribution in [1.82, 2.24) is 19.4 Å². The summed E-state index contributed by atoms with van der Waals surface area (Å²) in [6.07, 6.45) is 2.30. The number of sulfonamides is 2. The molecule has 1 aliphatic rings. The Morgan fingerprint density at radius 2 is 1.91 bits per heavy atom. The summed E-state index contributed by atoms with van der Waals surface area (Å²) in [6.45, 7) is 0.649. The molecule has 0 fully saturated rings. The molecule has 0 aliphatic carbocycles. The molecule has 0 radical (unpaired) electrons. The van der Waals surface area contributed by atoms with Gasteiger partial charge in [-0.15, -0.1) is 0 Å². The summed E-state index contributed by atoms with van der Waals surface area (Å²) in [6, 6.07) is 11.5. The Labute approximate surface area is 197 Å². The second kappa shape index (κ2) is 10.0. The molecule has 2 aromatic carbocycles. The average Bonchev–Trinajstić information content (AvgIpc) is 2.80. The first-order chi connectivity index (χ1) is 16.2. The zero-order valence-electron chi connectivity index (χ0n) is 18.0. The van der Waals surface area contributed by atoms with Gasteiger partial charge in [0.2, 0.25) is 26.0 Å². The van der Waals surface area contributed by atoms with Crippen molar-refractivity contribution in [3.8, 4) is 0 Å². The fourth-order valence-corrected chi connectivity index (χ4v) is 5.55. The molecule has 0 amide bonds. The summed E-state index contributed by atoms with van der Waals surface area (Å²) >= 11 is 0. The van der Waals surface area contributed by atoms with Gasteiger partial charge >= 0.3 is 0 Å². The Balaban J connectivity index is 1.52. The monoisotopic (exact) mass is 506 g/mol. The molecular weight excluding hydrogens is 483 g/mol. The van der Waals surface area contributed by atoms with Gasteiger partial charge < -0.3 is 10.6 Å². The van der Waals surface area contributed by atoms with Gasteiger partial charge in [-0.2, -0.15) is 4.98 Å². The van der Waals surface area contributed by atoms with Crippen LogP contribution in [0.4, 0.5) is 21.8 Å². The van der Waals surface area contributed by atoms with E-state index in [1.807, 2.05) is 0 Å². The van der Waals surface area contributed by atoms with E-state index in [1.54, 1.807) is 18.3 Å². The largest absolute Gasteiger partial charge is 0.370 e. The number of halogens is 1. The van der Waals surface area contributed by atoms with Crippen molar-refractivity contribution in [2.45, 2.75) is 22.6 Å². The van der Waals surface area contributed by atoms with Crippen LogP contribution in [0.5, 0.6) is 0 Å². The van der Waals surface area contributed by atoms with E-state index in [2.05, 4.69) is 30.0 Å². The van der Waals surface area contributed by atoms with E-state index in [-0.39, 0.29) is 30.4 Å². The number of nitrogens with zero attached hydrogens (tertiary/aromatic N) is 2. The molecule has 1 aromatic heterocycles. The molecule has 1 aliphatic heterocycles. The summed E-state index contributed by atoms with van der Waals surface area (Å²) in [7, 11) is -7.66. The predicted molar refractivity (Wildman–Crippen MR) is 125 cm³/mol. The van der Waals surface area contributed by atoms with Gasteiger partial charge in [-0.05, 0) is 43.2 Å². The molecule has 4 rings (SSSR count). The normalized spacial score (nSPS) is 15.7. The number of anilines is 3. The van der Waals surface area contributed by atoms with E-state index in [4.69, 9.17) is 0 Å². The average molecular weight is 507 g/mol. The van der Waals surface area contributed by atoms with Crippen molar-refractivity contribution < 1.29 is 21.2 Å². The molecular formula is C21H23FN6O4S2. The Kier molecular flexibility index (Phi) is 7.07. The van der Waals surface area contributed by atoms with E-state index in [9.17, 15) is 21.2 Å². The smallest absolute Gasteiger partial charge is 0.243 e. The highest BCUT2D eigenvalue weighted by atomic mass is 32.2. The minimum Gasteiger partial charge on any atom is -0.370 e. The van der Waals surface area contributed by atoms with E-state index in [1.165, 1.54) is 30.3 Å². The predicted octanol–water partition coefficient (Wildman–Crippen LogP) is 1.97. The lowest BCUT2D eigenvalue weighted by atomic mass is 10.2. The highest BCUT2D eigenvalue weighted by Gasteiger charge is 2.19. The second-order valence-corrected chi connectivity index (χ2v) is 11.0. The molecule has 0 saturated carbocycles. The molecule has 0 unspecified atom stereocenters. The van der Waals surface area contributed by atoms with Crippen LogP contribution in [0.1, 0.15) is 12.0 Å². The van der Waals surface area contributed by atoms with Gasteiger partial charge in [0.25, 0.3) is 0 Å². The van der Waals surface area contributed by atoms with Crippen LogP contribution in [0, 0.1) is 5.82 Å². The van der Waals surface area contributed by atoms with Gasteiger partial charge in [0, 0.05) is 37.1 Å². The van der Waals surface area contributed by atoms with Crippen LogP contribution in [0.3, 0.4) is 0 Å². The van der Waals surface area contributed by atoms with E-state index in [0.29, 0.717) is 30.0 Å².